The third-order valence-electron chi connectivity index (χ3n) is 4.48. The Morgan fingerprint density at radius 1 is 1.28 bits per heavy atom. The van der Waals surface area contributed by atoms with Crippen molar-refractivity contribution in [3.05, 3.63) is 59.2 Å². The molecule has 0 unspecified atom stereocenters. The fourth-order valence-electron chi connectivity index (χ4n) is 3.06. The molecular weight excluding hydrogens is 318 g/mol. The monoisotopic (exact) mass is 341 g/mol. The van der Waals surface area contributed by atoms with Gasteiger partial charge in [0.1, 0.15) is 11.5 Å². The van der Waals surface area contributed by atoms with E-state index in [0.717, 1.165) is 29.7 Å². The number of hydrogen-bond acceptors (Lipinski definition) is 4. The molecule has 5 nitrogen and oxygen atoms in total. The first kappa shape index (κ1) is 17.5. The maximum Gasteiger partial charge on any atom is 0.253 e. The van der Waals surface area contributed by atoms with E-state index in [9.17, 15) is 9.90 Å². The molecule has 1 N–H and O–H groups in total. The molecule has 0 aliphatic heterocycles. The molecule has 5 heteroatoms. The quantitative estimate of drug-likeness (QED) is 0.877. The fraction of sp³-hybridized carbons (Fsp3) is 0.350. The maximum absolute atomic E-state index is 12.5. The molecule has 0 heterocycles. The summed E-state index contributed by atoms with van der Waals surface area (Å²) in [6.07, 6.45) is 1.10. The van der Waals surface area contributed by atoms with Gasteiger partial charge in [-0.25, -0.2) is 0 Å². The number of likely N-dealkylation sites (N-methyl/N-ethyl adjacent to an activating group) is 1. The van der Waals surface area contributed by atoms with Crippen LogP contribution in [0.25, 0.3) is 0 Å². The van der Waals surface area contributed by atoms with Crippen molar-refractivity contribution < 1.29 is 19.4 Å². The highest BCUT2D eigenvalue weighted by atomic mass is 16.5. The van der Waals surface area contributed by atoms with Gasteiger partial charge in [0, 0.05) is 31.8 Å². The van der Waals surface area contributed by atoms with E-state index in [4.69, 9.17) is 9.47 Å². The van der Waals surface area contributed by atoms with Gasteiger partial charge in [-0.3, -0.25) is 4.79 Å². The Morgan fingerprint density at radius 3 is 2.88 bits per heavy atom. The third-order valence-corrected chi connectivity index (χ3v) is 4.48. The van der Waals surface area contributed by atoms with E-state index in [0.29, 0.717) is 24.5 Å². The second kappa shape index (κ2) is 7.68. The van der Waals surface area contributed by atoms with Gasteiger partial charge in [-0.1, -0.05) is 18.2 Å². The summed E-state index contributed by atoms with van der Waals surface area (Å²) in [5.74, 6) is 1.28. The molecule has 0 saturated heterocycles. The minimum absolute atomic E-state index is 0.0730. The van der Waals surface area contributed by atoms with Crippen molar-refractivity contribution in [3.63, 3.8) is 0 Å². The highest BCUT2D eigenvalue weighted by Crippen LogP contribution is 2.38. The first-order valence-electron chi connectivity index (χ1n) is 8.42. The number of aliphatic hydroxyl groups is 1. The van der Waals surface area contributed by atoms with Crippen LogP contribution in [-0.2, 0) is 11.2 Å². The molecular formula is C20H23NO4. The number of benzene rings is 2. The second-order valence-corrected chi connectivity index (χ2v) is 6.23. The summed E-state index contributed by atoms with van der Waals surface area (Å²) in [5.41, 5.74) is 2.55. The highest BCUT2D eigenvalue weighted by molar-refractivity contribution is 5.94. The Labute approximate surface area is 147 Å². The van der Waals surface area contributed by atoms with E-state index in [1.165, 1.54) is 0 Å². The number of ether oxygens (including phenoxy) is 2. The largest absolute Gasteiger partial charge is 0.457 e. The zero-order valence-corrected chi connectivity index (χ0v) is 14.6. The molecule has 1 aliphatic rings. The number of carbonyl (C=O) groups excluding carboxylic acids is 1. The molecule has 132 valence electrons. The van der Waals surface area contributed by atoms with Crippen LogP contribution in [-0.4, -0.2) is 43.2 Å². The summed E-state index contributed by atoms with van der Waals surface area (Å²) < 4.78 is 11.0. The number of nitrogens with zero attached hydrogens (tertiary/aromatic N) is 1. The van der Waals surface area contributed by atoms with Gasteiger partial charge >= 0.3 is 0 Å². The van der Waals surface area contributed by atoms with E-state index < -0.39 is 6.10 Å². The van der Waals surface area contributed by atoms with Crippen LogP contribution in [0.3, 0.4) is 0 Å². The zero-order valence-electron chi connectivity index (χ0n) is 14.6. The molecule has 0 bridgehead atoms. The molecule has 3 rings (SSSR count). The predicted octanol–water partition coefficient (Wildman–Crippen LogP) is 3.18. The van der Waals surface area contributed by atoms with Crippen molar-refractivity contribution in [2.45, 2.75) is 18.9 Å². The number of amides is 1. The van der Waals surface area contributed by atoms with Crippen molar-refractivity contribution in [1.82, 2.24) is 4.90 Å². The van der Waals surface area contributed by atoms with Crippen molar-refractivity contribution in [2.24, 2.45) is 0 Å². The van der Waals surface area contributed by atoms with Gasteiger partial charge in [-0.05, 0) is 42.7 Å². The third kappa shape index (κ3) is 3.83. The van der Waals surface area contributed by atoms with Gasteiger partial charge in [0.15, 0.2) is 0 Å². The lowest BCUT2D eigenvalue weighted by molar-refractivity contribution is 0.0744. The van der Waals surface area contributed by atoms with Crippen LogP contribution >= 0.6 is 0 Å². The van der Waals surface area contributed by atoms with Crippen LogP contribution in [0.1, 0.15) is 34.0 Å². The molecule has 1 aliphatic carbocycles. The molecule has 1 amide bonds. The van der Waals surface area contributed by atoms with Crippen LogP contribution < -0.4 is 4.74 Å². The fourth-order valence-corrected chi connectivity index (χ4v) is 3.06. The van der Waals surface area contributed by atoms with Crippen LogP contribution in [0.2, 0.25) is 0 Å². The SMILES string of the molecule is COCCN(C)C(=O)c1cccc(Oc2cccc3c2CC[C@H]3O)c1. The van der Waals surface area contributed by atoms with Crippen LogP contribution in [0.5, 0.6) is 11.5 Å². The van der Waals surface area contributed by atoms with E-state index in [1.54, 1.807) is 31.2 Å². The first-order chi connectivity index (χ1) is 12.1. The topological polar surface area (TPSA) is 59.0 Å². The molecule has 25 heavy (non-hydrogen) atoms. The predicted molar refractivity (Wildman–Crippen MR) is 95.1 cm³/mol. The van der Waals surface area contributed by atoms with Gasteiger partial charge < -0.3 is 19.5 Å². The zero-order chi connectivity index (χ0) is 17.8. The molecule has 0 radical (unpaired) electrons. The summed E-state index contributed by atoms with van der Waals surface area (Å²) in [5, 5.41) is 10.0. The average Bonchev–Trinajstić information content (AvgIpc) is 3.01. The van der Waals surface area contributed by atoms with Gasteiger partial charge in [0.2, 0.25) is 0 Å². The lowest BCUT2D eigenvalue weighted by Gasteiger charge is -2.17. The second-order valence-electron chi connectivity index (χ2n) is 6.23. The van der Waals surface area contributed by atoms with Crippen LogP contribution in [0.15, 0.2) is 42.5 Å². The van der Waals surface area contributed by atoms with Gasteiger partial charge in [0.25, 0.3) is 5.91 Å². The van der Waals surface area contributed by atoms with E-state index in [-0.39, 0.29) is 5.91 Å². The average molecular weight is 341 g/mol. The molecule has 0 saturated carbocycles. The minimum atomic E-state index is -0.416. The molecule has 1 atom stereocenters. The summed E-state index contributed by atoms with van der Waals surface area (Å²) >= 11 is 0. The Bertz CT molecular complexity index is 759. The number of carbonyl (C=O) groups is 1. The van der Waals surface area contributed by atoms with Crippen molar-refractivity contribution in [2.75, 3.05) is 27.3 Å². The van der Waals surface area contributed by atoms with Gasteiger partial charge in [0.05, 0.1) is 12.7 Å². The number of hydrogen-bond donors (Lipinski definition) is 1. The Morgan fingerprint density at radius 2 is 2.08 bits per heavy atom. The Hall–Kier alpha value is -2.37. The normalized spacial score (nSPS) is 15.7. The number of methoxy groups -OCH3 is 1. The van der Waals surface area contributed by atoms with Crippen LogP contribution in [0.4, 0.5) is 0 Å². The maximum atomic E-state index is 12.5. The number of aliphatic hydroxyl groups excluding tert-OH is 1. The first-order valence-corrected chi connectivity index (χ1v) is 8.42. The summed E-state index contributed by atoms with van der Waals surface area (Å²) in [6.45, 7) is 1.03. The number of fused-ring (bicyclic) bond motifs is 1. The van der Waals surface area contributed by atoms with Crippen LogP contribution in [0, 0.1) is 0 Å². The smallest absolute Gasteiger partial charge is 0.253 e. The molecule has 0 aromatic heterocycles. The molecule has 2 aromatic rings. The standard InChI is InChI=1S/C20H23NO4/c1-21(11-12-24-2)20(23)14-5-3-6-15(13-14)25-19-8-4-7-16-17(19)9-10-18(16)22/h3-8,13,18,22H,9-12H2,1-2H3/t18-/m1/s1. The lowest BCUT2D eigenvalue weighted by Crippen LogP contribution is -2.29. The van der Waals surface area contributed by atoms with E-state index in [1.807, 2.05) is 30.3 Å². The summed E-state index contributed by atoms with van der Waals surface area (Å²) in [4.78, 5) is 14.1. The molecule has 0 fully saturated rings. The Balaban J connectivity index is 1.78. The molecule has 0 spiro atoms. The summed E-state index contributed by atoms with van der Waals surface area (Å²) in [7, 11) is 3.36. The number of rotatable bonds is 6. The summed E-state index contributed by atoms with van der Waals surface area (Å²) in [6, 6.07) is 12.9. The van der Waals surface area contributed by atoms with Gasteiger partial charge in [-0.15, -0.1) is 0 Å². The minimum Gasteiger partial charge on any atom is -0.457 e. The Kier molecular flexibility index (Phi) is 5.36. The van der Waals surface area contributed by atoms with E-state index >= 15 is 0 Å². The van der Waals surface area contributed by atoms with Crippen molar-refractivity contribution >= 4 is 5.91 Å². The van der Waals surface area contributed by atoms with Crippen molar-refractivity contribution in [3.8, 4) is 11.5 Å². The van der Waals surface area contributed by atoms with Gasteiger partial charge in [-0.2, -0.15) is 0 Å². The highest BCUT2D eigenvalue weighted by Gasteiger charge is 2.23. The van der Waals surface area contributed by atoms with E-state index in [2.05, 4.69) is 0 Å². The van der Waals surface area contributed by atoms with Crippen molar-refractivity contribution in [1.29, 1.82) is 0 Å². The molecule has 2 aromatic carbocycles. The lowest BCUT2D eigenvalue weighted by atomic mass is 10.1.